The fourth-order valence-corrected chi connectivity index (χ4v) is 4.77. The van der Waals surface area contributed by atoms with Crippen molar-refractivity contribution in [1.29, 1.82) is 0 Å². The number of amides is 2. The molecule has 2 heterocycles. The molecule has 1 aliphatic heterocycles. The molecule has 4 aromatic rings. The molecule has 6 heteroatoms. The first-order valence-electron chi connectivity index (χ1n) is 9.76. The molecule has 1 aliphatic rings. The monoisotopic (exact) mass is 444 g/mol. The minimum Gasteiger partial charge on any atom is -0.342 e. The van der Waals surface area contributed by atoms with Crippen LogP contribution in [0.3, 0.4) is 0 Å². The molecule has 4 nitrogen and oxygen atoms in total. The number of aromatic nitrogens is 1. The maximum Gasteiger partial charge on any atom is 0.298 e. The smallest absolute Gasteiger partial charge is 0.298 e. The van der Waals surface area contributed by atoms with E-state index in [9.17, 15) is 9.59 Å². The van der Waals surface area contributed by atoms with Gasteiger partial charge in [-0.1, -0.05) is 66.2 Å². The van der Waals surface area contributed by atoms with Crippen molar-refractivity contribution in [3.63, 3.8) is 0 Å². The van der Waals surface area contributed by atoms with Gasteiger partial charge in [0.1, 0.15) is 0 Å². The summed E-state index contributed by atoms with van der Waals surface area (Å²) in [5, 5.41) is 1.44. The highest BCUT2D eigenvalue weighted by Crippen LogP contribution is 2.37. The summed E-state index contributed by atoms with van der Waals surface area (Å²) in [6, 6.07) is 24.8. The van der Waals surface area contributed by atoms with Crippen LogP contribution in [-0.4, -0.2) is 15.7 Å². The number of benzene rings is 3. The van der Waals surface area contributed by atoms with Crippen LogP contribution in [0.2, 0.25) is 5.02 Å². The standard InChI is InChI=1S/C25H17ClN2O2S/c26-21-12-6-4-8-17(21)15-27-16-18(20-11-5-7-13-22(20)27)14-23-24(29)28(25(30)31-23)19-9-2-1-3-10-19/h1-14,16H,15H2/b23-14-. The molecule has 0 atom stereocenters. The number of rotatable bonds is 4. The van der Waals surface area contributed by atoms with Gasteiger partial charge in [-0.25, -0.2) is 4.90 Å². The van der Waals surface area contributed by atoms with Crippen molar-refractivity contribution in [3.05, 3.63) is 106 Å². The van der Waals surface area contributed by atoms with Gasteiger partial charge in [-0.2, -0.15) is 0 Å². The van der Waals surface area contributed by atoms with Crippen molar-refractivity contribution in [2.45, 2.75) is 6.54 Å². The lowest BCUT2D eigenvalue weighted by molar-refractivity contribution is -0.113. The average Bonchev–Trinajstić information content (AvgIpc) is 3.27. The number of thioether (sulfide) groups is 1. The molecule has 1 saturated heterocycles. The molecule has 0 saturated carbocycles. The van der Waals surface area contributed by atoms with Crippen LogP contribution in [0.1, 0.15) is 11.1 Å². The maximum atomic E-state index is 13.0. The largest absolute Gasteiger partial charge is 0.342 e. The zero-order chi connectivity index (χ0) is 21.4. The van der Waals surface area contributed by atoms with Crippen molar-refractivity contribution >= 4 is 57.2 Å². The fourth-order valence-electron chi connectivity index (χ4n) is 3.74. The van der Waals surface area contributed by atoms with Crippen LogP contribution in [0.15, 0.2) is 90.0 Å². The van der Waals surface area contributed by atoms with E-state index < -0.39 is 0 Å². The SMILES string of the molecule is O=C1S/C(=C\c2cn(Cc3ccccc3Cl)c3ccccc23)C(=O)N1c1ccccc1. The van der Waals surface area contributed by atoms with Crippen molar-refractivity contribution in [3.8, 4) is 0 Å². The Morgan fingerprint density at radius 1 is 0.871 bits per heavy atom. The van der Waals surface area contributed by atoms with Gasteiger partial charge in [0.15, 0.2) is 0 Å². The van der Waals surface area contributed by atoms with Gasteiger partial charge in [-0.3, -0.25) is 9.59 Å². The first-order valence-corrected chi connectivity index (χ1v) is 11.0. The van der Waals surface area contributed by atoms with E-state index in [0.717, 1.165) is 33.8 Å². The number of hydrogen-bond donors (Lipinski definition) is 0. The van der Waals surface area contributed by atoms with E-state index >= 15 is 0 Å². The molecule has 1 fully saturated rings. The highest BCUT2D eigenvalue weighted by atomic mass is 35.5. The zero-order valence-electron chi connectivity index (χ0n) is 16.4. The Hall–Kier alpha value is -3.28. The highest BCUT2D eigenvalue weighted by Gasteiger charge is 2.36. The minimum absolute atomic E-state index is 0.290. The molecule has 0 bridgehead atoms. The lowest BCUT2D eigenvalue weighted by atomic mass is 10.1. The predicted molar refractivity (Wildman–Crippen MR) is 127 cm³/mol. The van der Waals surface area contributed by atoms with Gasteiger partial charge in [0, 0.05) is 34.2 Å². The molecule has 3 aromatic carbocycles. The number of para-hydroxylation sites is 2. The predicted octanol–water partition coefficient (Wildman–Crippen LogP) is 6.58. The van der Waals surface area contributed by atoms with Gasteiger partial charge >= 0.3 is 0 Å². The highest BCUT2D eigenvalue weighted by molar-refractivity contribution is 8.19. The molecule has 0 unspecified atom stereocenters. The molecule has 0 radical (unpaired) electrons. The van der Waals surface area contributed by atoms with E-state index in [-0.39, 0.29) is 11.1 Å². The summed E-state index contributed by atoms with van der Waals surface area (Å²) < 4.78 is 2.11. The summed E-state index contributed by atoms with van der Waals surface area (Å²) in [6.07, 6.45) is 3.81. The Balaban J connectivity index is 1.54. The third-order valence-corrected chi connectivity index (χ3v) is 6.45. The number of anilines is 1. The third-order valence-electron chi connectivity index (χ3n) is 5.21. The maximum absolute atomic E-state index is 13.0. The second-order valence-electron chi connectivity index (χ2n) is 7.17. The fraction of sp³-hybridized carbons (Fsp3) is 0.0400. The van der Waals surface area contributed by atoms with Gasteiger partial charge in [-0.15, -0.1) is 0 Å². The van der Waals surface area contributed by atoms with Crippen LogP contribution in [0, 0.1) is 0 Å². The summed E-state index contributed by atoms with van der Waals surface area (Å²) in [6.45, 7) is 0.611. The van der Waals surface area contributed by atoms with E-state index in [0.29, 0.717) is 22.2 Å². The van der Waals surface area contributed by atoms with Crippen molar-refractivity contribution < 1.29 is 9.59 Å². The number of carbonyl (C=O) groups excluding carboxylic acids is 2. The molecule has 0 aliphatic carbocycles. The number of imide groups is 1. The Morgan fingerprint density at radius 2 is 1.58 bits per heavy atom. The summed E-state index contributed by atoms with van der Waals surface area (Å²) >= 11 is 7.33. The summed E-state index contributed by atoms with van der Waals surface area (Å²) in [4.78, 5) is 27.2. The lowest BCUT2D eigenvalue weighted by Gasteiger charge is -2.11. The van der Waals surface area contributed by atoms with Crippen LogP contribution >= 0.6 is 23.4 Å². The average molecular weight is 445 g/mol. The van der Waals surface area contributed by atoms with Crippen LogP contribution in [0.5, 0.6) is 0 Å². The minimum atomic E-state index is -0.302. The molecule has 2 amide bonds. The molecule has 0 N–H and O–H groups in total. The van der Waals surface area contributed by atoms with Gasteiger partial charge < -0.3 is 4.57 Å². The molecular weight excluding hydrogens is 428 g/mol. The van der Waals surface area contributed by atoms with E-state index in [1.54, 1.807) is 18.2 Å². The Morgan fingerprint density at radius 3 is 2.39 bits per heavy atom. The van der Waals surface area contributed by atoms with Crippen molar-refractivity contribution in [2.75, 3.05) is 4.90 Å². The van der Waals surface area contributed by atoms with Crippen molar-refractivity contribution in [1.82, 2.24) is 4.57 Å². The van der Waals surface area contributed by atoms with Crippen LogP contribution in [-0.2, 0) is 11.3 Å². The van der Waals surface area contributed by atoms with Gasteiger partial charge in [-0.05, 0) is 47.7 Å². The van der Waals surface area contributed by atoms with Crippen LogP contribution < -0.4 is 4.90 Å². The number of nitrogens with zero attached hydrogens (tertiary/aromatic N) is 2. The quantitative estimate of drug-likeness (QED) is 0.334. The summed E-state index contributed by atoms with van der Waals surface area (Å²) in [5.41, 5.74) is 3.52. The molecule has 5 rings (SSSR count). The van der Waals surface area contributed by atoms with E-state index in [1.807, 2.05) is 72.9 Å². The number of hydrogen-bond acceptors (Lipinski definition) is 3. The number of fused-ring (bicyclic) bond motifs is 1. The normalized spacial score (nSPS) is 15.4. The second kappa shape index (κ2) is 8.10. The summed E-state index contributed by atoms with van der Waals surface area (Å²) in [5.74, 6) is -0.302. The Kier molecular flexibility index (Phi) is 5.14. The summed E-state index contributed by atoms with van der Waals surface area (Å²) in [7, 11) is 0. The van der Waals surface area contributed by atoms with Gasteiger partial charge in [0.25, 0.3) is 11.1 Å². The Bertz CT molecular complexity index is 1340. The first kappa shape index (κ1) is 19.7. The zero-order valence-corrected chi connectivity index (χ0v) is 17.9. The van der Waals surface area contributed by atoms with Crippen molar-refractivity contribution in [2.24, 2.45) is 0 Å². The molecular formula is C25H17ClN2O2S. The molecule has 31 heavy (non-hydrogen) atoms. The van der Waals surface area contributed by atoms with E-state index in [1.165, 1.54) is 4.90 Å². The second-order valence-corrected chi connectivity index (χ2v) is 8.57. The number of halogens is 1. The van der Waals surface area contributed by atoms with Gasteiger partial charge in [0.05, 0.1) is 10.6 Å². The molecule has 152 valence electrons. The van der Waals surface area contributed by atoms with Crippen LogP contribution in [0.4, 0.5) is 10.5 Å². The van der Waals surface area contributed by atoms with E-state index in [4.69, 9.17) is 11.6 Å². The van der Waals surface area contributed by atoms with Gasteiger partial charge in [0.2, 0.25) is 0 Å². The number of carbonyl (C=O) groups is 2. The Labute approximate surface area is 188 Å². The van der Waals surface area contributed by atoms with Crippen LogP contribution in [0.25, 0.3) is 17.0 Å². The first-order chi connectivity index (χ1) is 15.1. The topological polar surface area (TPSA) is 42.3 Å². The van der Waals surface area contributed by atoms with E-state index in [2.05, 4.69) is 4.57 Å². The molecule has 0 spiro atoms. The lowest BCUT2D eigenvalue weighted by Crippen LogP contribution is -2.27. The molecule has 1 aromatic heterocycles. The third kappa shape index (κ3) is 3.67.